The molecule has 0 unspecified atom stereocenters. The molecule has 1 fully saturated rings. The van der Waals surface area contributed by atoms with Gasteiger partial charge in [-0.15, -0.1) is 0 Å². The number of pyridine rings is 1. The van der Waals surface area contributed by atoms with E-state index in [1.165, 1.54) is 18.2 Å². The molecule has 146 valence electrons. The summed E-state index contributed by atoms with van der Waals surface area (Å²) in [5.41, 5.74) is 1.13. The van der Waals surface area contributed by atoms with Crippen LogP contribution in [0.15, 0.2) is 53.7 Å². The first-order valence-corrected chi connectivity index (χ1v) is 10.4. The lowest BCUT2D eigenvalue weighted by atomic mass is 10.0. The van der Waals surface area contributed by atoms with Crippen LogP contribution in [0.4, 0.5) is 4.39 Å². The van der Waals surface area contributed by atoms with Crippen molar-refractivity contribution in [1.82, 2.24) is 19.5 Å². The number of benzene rings is 1. The predicted molar refractivity (Wildman–Crippen MR) is 102 cm³/mol. The van der Waals surface area contributed by atoms with Crippen LogP contribution in [0.1, 0.15) is 5.56 Å². The molecule has 6 nitrogen and oxygen atoms in total. The fraction of sp³-hybridized carbons (Fsp3) is 0.421. The second-order valence-corrected chi connectivity index (χ2v) is 8.91. The third-order valence-electron chi connectivity index (χ3n) is 4.70. The molecule has 0 amide bonds. The Morgan fingerprint density at radius 1 is 1.19 bits per heavy atom. The minimum atomic E-state index is -3.92. The number of likely N-dealkylation sites (tertiary alicyclic amines) is 1. The van der Waals surface area contributed by atoms with Crippen LogP contribution in [0.2, 0.25) is 0 Å². The summed E-state index contributed by atoms with van der Waals surface area (Å²) in [6.07, 6.45) is 3.50. The van der Waals surface area contributed by atoms with Gasteiger partial charge in [0.25, 0.3) is 0 Å². The molecule has 3 rings (SSSR count). The van der Waals surface area contributed by atoms with Gasteiger partial charge in [-0.3, -0.25) is 9.88 Å². The quantitative estimate of drug-likeness (QED) is 0.775. The van der Waals surface area contributed by atoms with Crippen LogP contribution in [0, 0.1) is 11.7 Å². The monoisotopic (exact) mass is 392 g/mol. The zero-order valence-corrected chi connectivity index (χ0v) is 16.4. The Bertz CT molecular complexity index is 861. The van der Waals surface area contributed by atoms with Crippen LogP contribution in [0.3, 0.4) is 0 Å². The first-order valence-electron chi connectivity index (χ1n) is 8.88. The van der Waals surface area contributed by atoms with E-state index < -0.39 is 15.8 Å². The molecule has 2 aromatic rings. The Labute approximate surface area is 160 Å². The third-order valence-corrected chi connectivity index (χ3v) is 6.23. The van der Waals surface area contributed by atoms with Crippen molar-refractivity contribution in [3.05, 3.63) is 60.2 Å². The second kappa shape index (κ2) is 8.43. The number of nitrogens with one attached hydrogen (secondary N) is 1. The molecule has 0 saturated carbocycles. The molecule has 1 aromatic heterocycles. The maximum absolute atomic E-state index is 14.0. The molecule has 1 aliphatic heterocycles. The first kappa shape index (κ1) is 19.9. The number of rotatable bonds is 7. The van der Waals surface area contributed by atoms with Gasteiger partial charge in [-0.25, -0.2) is 17.5 Å². The molecule has 1 aromatic carbocycles. The molecule has 2 heterocycles. The Morgan fingerprint density at radius 2 is 1.89 bits per heavy atom. The van der Waals surface area contributed by atoms with E-state index in [0.29, 0.717) is 6.54 Å². The summed E-state index contributed by atoms with van der Waals surface area (Å²) in [6, 6.07) is 9.10. The molecule has 27 heavy (non-hydrogen) atoms. The van der Waals surface area contributed by atoms with E-state index in [2.05, 4.69) is 14.6 Å². The van der Waals surface area contributed by atoms with E-state index in [4.69, 9.17) is 0 Å². The largest absolute Gasteiger partial charge is 0.309 e. The highest BCUT2D eigenvalue weighted by molar-refractivity contribution is 7.89. The molecule has 1 saturated heterocycles. The van der Waals surface area contributed by atoms with E-state index in [1.807, 2.05) is 31.1 Å². The fourth-order valence-corrected chi connectivity index (χ4v) is 4.92. The summed E-state index contributed by atoms with van der Waals surface area (Å²) in [4.78, 5) is 7.99. The van der Waals surface area contributed by atoms with Gasteiger partial charge in [0.15, 0.2) is 0 Å². The maximum atomic E-state index is 14.0. The van der Waals surface area contributed by atoms with Crippen molar-refractivity contribution in [2.24, 2.45) is 5.92 Å². The minimum Gasteiger partial charge on any atom is -0.309 e. The number of hydrogen-bond acceptors (Lipinski definition) is 5. The van der Waals surface area contributed by atoms with Gasteiger partial charge in [0.1, 0.15) is 10.7 Å². The summed E-state index contributed by atoms with van der Waals surface area (Å²) in [5, 5.41) is 0. The van der Waals surface area contributed by atoms with Gasteiger partial charge in [-0.2, -0.15) is 0 Å². The Morgan fingerprint density at radius 3 is 2.56 bits per heavy atom. The van der Waals surface area contributed by atoms with Gasteiger partial charge in [-0.05, 0) is 43.9 Å². The average molecular weight is 393 g/mol. The normalized spacial score (nSPS) is 21.0. The Kier molecular flexibility index (Phi) is 6.21. The molecule has 1 N–H and O–H groups in total. The van der Waals surface area contributed by atoms with Crippen molar-refractivity contribution < 1.29 is 12.8 Å². The first-order chi connectivity index (χ1) is 12.8. The summed E-state index contributed by atoms with van der Waals surface area (Å²) in [6.45, 7) is 2.82. The highest BCUT2D eigenvalue weighted by atomic mass is 32.2. The lowest BCUT2D eigenvalue weighted by molar-refractivity contribution is 0.283. The number of hydrogen-bond donors (Lipinski definition) is 1. The van der Waals surface area contributed by atoms with Gasteiger partial charge in [-0.1, -0.05) is 12.1 Å². The number of halogens is 1. The van der Waals surface area contributed by atoms with E-state index in [9.17, 15) is 12.8 Å². The fourth-order valence-electron chi connectivity index (χ4n) is 3.55. The van der Waals surface area contributed by atoms with Gasteiger partial charge < -0.3 is 4.90 Å². The highest BCUT2D eigenvalue weighted by Crippen LogP contribution is 2.23. The molecule has 0 spiro atoms. The van der Waals surface area contributed by atoms with Crippen molar-refractivity contribution in [2.45, 2.75) is 17.5 Å². The zero-order chi connectivity index (χ0) is 19.4. The molecule has 8 heteroatoms. The standard InChI is InChI=1S/C19H25FN4O2S/c1-23(2)12-16-13-24(11-15-7-9-21-10-8-15)14-18(16)22-27(25,26)19-6-4-3-5-17(19)20/h3-10,16,18,22H,11-14H2,1-2H3/t16-,18-/m1/s1. The Balaban J connectivity index is 1.76. The molecule has 0 bridgehead atoms. The van der Waals surface area contributed by atoms with Crippen LogP contribution < -0.4 is 4.72 Å². The SMILES string of the molecule is CN(C)C[C@@H]1CN(Cc2ccncc2)C[C@H]1NS(=O)(=O)c1ccccc1F. The zero-order valence-electron chi connectivity index (χ0n) is 15.5. The third kappa shape index (κ3) is 5.10. The van der Waals surface area contributed by atoms with Crippen molar-refractivity contribution in [3.63, 3.8) is 0 Å². The Hall–Kier alpha value is -1.87. The number of sulfonamides is 1. The van der Waals surface area contributed by atoms with Crippen LogP contribution in [0.5, 0.6) is 0 Å². The lowest BCUT2D eigenvalue weighted by Crippen LogP contribution is -2.43. The van der Waals surface area contributed by atoms with Gasteiger partial charge >= 0.3 is 0 Å². The second-order valence-electron chi connectivity index (χ2n) is 7.23. The minimum absolute atomic E-state index is 0.114. The van der Waals surface area contributed by atoms with Crippen molar-refractivity contribution >= 4 is 10.0 Å². The number of nitrogens with zero attached hydrogens (tertiary/aromatic N) is 3. The molecule has 1 aliphatic rings. The van der Waals surface area contributed by atoms with Gasteiger partial charge in [0.2, 0.25) is 10.0 Å². The van der Waals surface area contributed by atoms with Crippen molar-refractivity contribution in [2.75, 3.05) is 33.7 Å². The summed E-state index contributed by atoms with van der Waals surface area (Å²) in [5.74, 6) is -0.621. The topological polar surface area (TPSA) is 65.5 Å². The summed E-state index contributed by atoms with van der Waals surface area (Å²) >= 11 is 0. The predicted octanol–water partition coefficient (Wildman–Crippen LogP) is 1.56. The maximum Gasteiger partial charge on any atom is 0.243 e. The van der Waals surface area contributed by atoms with Crippen LogP contribution in [-0.2, 0) is 16.6 Å². The van der Waals surface area contributed by atoms with Crippen molar-refractivity contribution in [1.29, 1.82) is 0 Å². The molecule has 0 aliphatic carbocycles. The number of aromatic nitrogens is 1. The van der Waals surface area contributed by atoms with Crippen LogP contribution >= 0.6 is 0 Å². The molecular weight excluding hydrogens is 367 g/mol. The van der Waals surface area contributed by atoms with Gasteiger partial charge in [0, 0.05) is 50.5 Å². The lowest BCUT2D eigenvalue weighted by Gasteiger charge is -2.23. The molecular formula is C19H25FN4O2S. The molecule has 2 atom stereocenters. The van der Waals surface area contributed by atoms with Crippen LogP contribution in [-0.4, -0.2) is 63.0 Å². The smallest absolute Gasteiger partial charge is 0.243 e. The van der Waals surface area contributed by atoms with E-state index >= 15 is 0 Å². The molecule has 0 radical (unpaired) electrons. The average Bonchev–Trinajstić information content (AvgIpc) is 2.95. The summed E-state index contributed by atoms with van der Waals surface area (Å²) < 4.78 is 42.1. The van der Waals surface area contributed by atoms with Gasteiger partial charge in [0.05, 0.1) is 0 Å². The van der Waals surface area contributed by atoms with E-state index in [1.54, 1.807) is 12.4 Å². The summed E-state index contributed by atoms with van der Waals surface area (Å²) in [7, 11) is 0.0129. The van der Waals surface area contributed by atoms with Crippen LogP contribution in [0.25, 0.3) is 0 Å². The van der Waals surface area contributed by atoms with Crippen molar-refractivity contribution in [3.8, 4) is 0 Å². The highest BCUT2D eigenvalue weighted by Gasteiger charge is 2.36. The van der Waals surface area contributed by atoms with E-state index in [-0.39, 0.29) is 16.9 Å². The van der Waals surface area contributed by atoms with E-state index in [0.717, 1.165) is 31.3 Å².